The molecule has 0 bridgehead atoms. The number of aryl methyl sites for hydroxylation is 3. The maximum Gasteiger partial charge on any atom is 0.227 e. The molecule has 1 aromatic carbocycles. The lowest BCUT2D eigenvalue weighted by Gasteiger charge is -2.27. The van der Waals surface area contributed by atoms with E-state index in [9.17, 15) is 0 Å². The Kier molecular flexibility index (Phi) is 5.57. The highest BCUT2D eigenvalue weighted by molar-refractivity contribution is 5.67. The molecule has 2 N–H and O–H groups in total. The number of ether oxygens (including phenoxy) is 1. The normalized spacial score (nSPS) is 14.0. The molecule has 0 unspecified atom stereocenters. The standard InChI is InChI=1S/C22H26N6O/c1-15-10-16(2)21(17(3)11-15)26-19-13-24-22(25-14-19)27-18-4-5-20(23-12-18)28-6-8-29-9-7-28/h4-5,10-14,26H,6-9H2,1-3H3,(H,24,25,27). The van der Waals surface area contributed by atoms with E-state index in [1.165, 1.54) is 16.7 Å². The number of hydrogen-bond donors (Lipinski definition) is 2. The second-order valence-electron chi connectivity index (χ2n) is 7.32. The van der Waals surface area contributed by atoms with Crippen LogP contribution >= 0.6 is 0 Å². The monoisotopic (exact) mass is 390 g/mol. The Bertz CT molecular complexity index is 943. The van der Waals surface area contributed by atoms with Crippen LogP contribution in [-0.4, -0.2) is 41.3 Å². The van der Waals surface area contributed by atoms with Gasteiger partial charge in [-0.2, -0.15) is 0 Å². The highest BCUT2D eigenvalue weighted by Crippen LogP contribution is 2.26. The average Bonchev–Trinajstić information content (AvgIpc) is 2.73. The summed E-state index contributed by atoms with van der Waals surface area (Å²) in [7, 11) is 0. The number of morpholine rings is 1. The second-order valence-corrected chi connectivity index (χ2v) is 7.32. The topological polar surface area (TPSA) is 75.2 Å². The number of aromatic nitrogens is 3. The molecule has 0 radical (unpaired) electrons. The Labute approximate surface area is 171 Å². The third-order valence-electron chi connectivity index (χ3n) is 4.94. The summed E-state index contributed by atoms with van der Waals surface area (Å²) in [6.45, 7) is 9.55. The molecule has 3 heterocycles. The van der Waals surface area contributed by atoms with Gasteiger partial charge in [0, 0.05) is 18.8 Å². The summed E-state index contributed by atoms with van der Waals surface area (Å²) < 4.78 is 5.39. The molecule has 0 spiro atoms. The first-order chi connectivity index (χ1) is 14.1. The third-order valence-corrected chi connectivity index (χ3v) is 4.94. The molecule has 0 saturated carbocycles. The molecular weight excluding hydrogens is 364 g/mol. The minimum absolute atomic E-state index is 0.536. The fourth-order valence-corrected chi connectivity index (χ4v) is 3.55. The molecule has 7 nitrogen and oxygen atoms in total. The van der Waals surface area contributed by atoms with Crippen molar-refractivity contribution in [2.75, 3.05) is 41.8 Å². The van der Waals surface area contributed by atoms with Gasteiger partial charge in [-0.3, -0.25) is 0 Å². The summed E-state index contributed by atoms with van der Waals surface area (Å²) in [5.74, 6) is 1.50. The zero-order valence-corrected chi connectivity index (χ0v) is 17.1. The van der Waals surface area contributed by atoms with Gasteiger partial charge in [0.05, 0.1) is 43.2 Å². The van der Waals surface area contributed by atoms with E-state index in [-0.39, 0.29) is 0 Å². The van der Waals surface area contributed by atoms with Crippen molar-refractivity contribution >= 4 is 28.8 Å². The smallest absolute Gasteiger partial charge is 0.227 e. The summed E-state index contributed by atoms with van der Waals surface area (Å²) in [5.41, 5.74) is 6.48. The number of anilines is 5. The number of nitrogens with one attached hydrogen (secondary N) is 2. The van der Waals surface area contributed by atoms with Gasteiger partial charge in [0.25, 0.3) is 0 Å². The molecule has 1 fully saturated rings. The quantitative estimate of drug-likeness (QED) is 0.679. The van der Waals surface area contributed by atoms with E-state index in [0.29, 0.717) is 5.95 Å². The predicted octanol–water partition coefficient (Wildman–Crippen LogP) is 4.12. The van der Waals surface area contributed by atoms with Crippen molar-refractivity contribution < 1.29 is 4.74 Å². The second kappa shape index (κ2) is 8.45. The van der Waals surface area contributed by atoms with E-state index in [0.717, 1.165) is 49.2 Å². The number of hydrogen-bond acceptors (Lipinski definition) is 7. The Morgan fingerprint density at radius 3 is 2.10 bits per heavy atom. The lowest BCUT2D eigenvalue weighted by molar-refractivity contribution is 0.122. The fraction of sp³-hybridized carbons (Fsp3) is 0.318. The maximum absolute atomic E-state index is 5.39. The molecular formula is C22H26N6O. The minimum atomic E-state index is 0.536. The fourth-order valence-electron chi connectivity index (χ4n) is 3.55. The van der Waals surface area contributed by atoms with Crippen LogP contribution in [0.5, 0.6) is 0 Å². The van der Waals surface area contributed by atoms with Crippen molar-refractivity contribution in [3.05, 3.63) is 59.5 Å². The van der Waals surface area contributed by atoms with Crippen molar-refractivity contribution in [2.24, 2.45) is 0 Å². The van der Waals surface area contributed by atoms with E-state index >= 15 is 0 Å². The SMILES string of the molecule is Cc1cc(C)c(Nc2cnc(Nc3ccc(N4CCOCC4)nc3)nc2)c(C)c1. The molecule has 0 aliphatic carbocycles. The van der Waals surface area contributed by atoms with Crippen LogP contribution in [-0.2, 0) is 4.74 Å². The summed E-state index contributed by atoms with van der Waals surface area (Å²) in [4.78, 5) is 15.6. The van der Waals surface area contributed by atoms with E-state index in [1.54, 1.807) is 18.6 Å². The Balaban J connectivity index is 1.41. The van der Waals surface area contributed by atoms with Crippen LogP contribution < -0.4 is 15.5 Å². The van der Waals surface area contributed by atoms with Gasteiger partial charge < -0.3 is 20.3 Å². The van der Waals surface area contributed by atoms with Gasteiger partial charge in [0.15, 0.2) is 0 Å². The maximum atomic E-state index is 5.39. The van der Waals surface area contributed by atoms with E-state index < -0.39 is 0 Å². The Morgan fingerprint density at radius 2 is 1.48 bits per heavy atom. The highest BCUT2D eigenvalue weighted by atomic mass is 16.5. The van der Waals surface area contributed by atoms with Crippen LogP contribution in [0.15, 0.2) is 42.9 Å². The lowest BCUT2D eigenvalue weighted by Crippen LogP contribution is -2.36. The number of benzene rings is 1. The van der Waals surface area contributed by atoms with Crippen LogP contribution in [0.1, 0.15) is 16.7 Å². The van der Waals surface area contributed by atoms with Crippen LogP contribution in [0.4, 0.5) is 28.8 Å². The van der Waals surface area contributed by atoms with Gasteiger partial charge in [-0.1, -0.05) is 17.7 Å². The van der Waals surface area contributed by atoms with Crippen LogP contribution in [0.2, 0.25) is 0 Å². The van der Waals surface area contributed by atoms with E-state index in [1.807, 2.05) is 12.1 Å². The molecule has 4 rings (SSSR count). The van der Waals surface area contributed by atoms with Crippen LogP contribution in [0.3, 0.4) is 0 Å². The molecule has 1 saturated heterocycles. The van der Waals surface area contributed by atoms with Crippen molar-refractivity contribution in [1.29, 1.82) is 0 Å². The molecule has 7 heteroatoms. The number of pyridine rings is 1. The first-order valence-electron chi connectivity index (χ1n) is 9.81. The largest absolute Gasteiger partial charge is 0.378 e. The van der Waals surface area contributed by atoms with Crippen molar-refractivity contribution in [3.63, 3.8) is 0 Å². The van der Waals surface area contributed by atoms with Gasteiger partial charge in [0.2, 0.25) is 5.95 Å². The van der Waals surface area contributed by atoms with Gasteiger partial charge in [0.1, 0.15) is 5.82 Å². The molecule has 1 aliphatic heterocycles. The molecule has 0 atom stereocenters. The van der Waals surface area contributed by atoms with Gasteiger partial charge >= 0.3 is 0 Å². The van der Waals surface area contributed by atoms with E-state index in [4.69, 9.17) is 4.74 Å². The first kappa shape index (κ1) is 19.1. The molecule has 3 aromatic rings. The van der Waals surface area contributed by atoms with Gasteiger partial charge in [-0.05, 0) is 44.0 Å². The predicted molar refractivity (Wildman–Crippen MR) is 117 cm³/mol. The van der Waals surface area contributed by atoms with Crippen molar-refractivity contribution in [1.82, 2.24) is 15.0 Å². The Hall–Kier alpha value is -3.19. The van der Waals surface area contributed by atoms with Crippen molar-refractivity contribution in [3.8, 4) is 0 Å². The average molecular weight is 390 g/mol. The number of rotatable bonds is 5. The molecule has 2 aromatic heterocycles. The number of nitrogens with zero attached hydrogens (tertiary/aromatic N) is 4. The Morgan fingerprint density at radius 1 is 0.828 bits per heavy atom. The summed E-state index contributed by atoms with van der Waals surface area (Å²) in [6, 6.07) is 8.33. The van der Waals surface area contributed by atoms with Crippen LogP contribution in [0.25, 0.3) is 0 Å². The molecule has 0 amide bonds. The zero-order valence-electron chi connectivity index (χ0n) is 17.1. The van der Waals surface area contributed by atoms with E-state index in [2.05, 4.69) is 63.4 Å². The molecule has 29 heavy (non-hydrogen) atoms. The minimum Gasteiger partial charge on any atom is -0.378 e. The molecule has 150 valence electrons. The van der Waals surface area contributed by atoms with Crippen LogP contribution in [0, 0.1) is 20.8 Å². The summed E-state index contributed by atoms with van der Waals surface area (Å²) in [5, 5.41) is 6.62. The summed E-state index contributed by atoms with van der Waals surface area (Å²) in [6.07, 6.45) is 5.37. The van der Waals surface area contributed by atoms with Gasteiger partial charge in [-0.15, -0.1) is 0 Å². The summed E-state index contributed by atoms with van der Waals surface area (Å²) >= 11 is 0. The van der Waals surface area contributed by atoms with Gasteiger partial charge in [-0.25, -0.2) is 15.0 Å². The highest BCUT2D eigenvalue weighted by Gasteiger charge is 2.12. The third kappa shape index (κ3) is 4.63. The lowest BCUT2D eigenvalue weighted by atomic mass is 10.1. The first-order valence-corrected chi connectivity index (χ1v) is 9.81. The molecule has 1 aliphatic rings. The zero-order chi connectivity index (χ0) is 20.2. The van der Waals surface area contributed by atoms with Crippen molar-refractivity contribution in [2.45, 2.75) is 20.8 Å².